The van der Waals surface area contributed by atoms with E-state index in [9.17, 15) is 32.3 Å². The molecular formula is C23H23F4N5O3. The summed E-state index contributed by atoms with van der Waals surface area (Å²) in [6.45, 7) is 1.87. The van der Waals surface area contributed by atoms with E-state index < -0.39 is 42.0 Å². The Balaban J connectivity index is 1.60. The maximum absolute atomic E-state index is 13.4. The average molecular weight is 493 g/mol. The van der Waals surface area contributed by atoms with Gasteiger partial charge >= 0.3 is 12.3 Å². The Kier molecular flexibility index (Phi) is 6.64. The number of alkyl halides is 3. The van der Waals surface area contributed by atoms with Crippen LogP contribution in [0.5, 0.6) is 0 Å². The molecule has 35 heavy (non-hydrogen) atoms. The fourth-order valence-electron chi connectivity index (χ4n) is 4.47. The van der Waals surface area contributed by atoms with Gasteiger partial charge in [-0.15, -0.1) is 0 Å². The normalized spacial score (nSPS) is 20.0. The molecule has 0 spiro atoms. The van der Waals surface area contributed by atoms with Crippen molar-refractivity contribution in [2.75, 3.05) is 0 Å². The van der Waals surface area contributed by atoms with E-state index in [1.807, 2.05) is 12.2 Å². The highest BCUT2D eigenvalue weighted by atomic mass is 19.4. The largest absolute Gasteiger partial charge is 0.465 e. The minimum atomic E-state index is -4.51. The number of nitrogens with one attached hydrogen (secondary N) is 2. The Hall–Kier alpha value is -3.70. The van der Waals surface area contributed by atoms with Crippen LogP contribution in [0.2, 0.25) is 0 Å². The van der Waals surface area contributed by atoms with Crippen LogP contribution in [0.3, 0.4) is 0 Å². The minimum Gasteiger partial charge on any atom is -0.465 e. The zero-order valence-corrected chi connectivity index (χ0v) is 18.6. The Morgan fingerprint density at radius 3 is 2.57 bits per heavy atom. The van der Waals surface area contributed by atoms with Gasteiger partial charge < -0.3 is 15.7 Å². The zero-order chi connectivity index (χ0) is 25.3. The molecular weight excluding hydrogens is 470 g/mol. The lowest BCUT2D eigenvalue weighted by molar-refractivity contribution is -0.154. The highest BCUT2D eigenvalue weighted by Gasteiger charge is 2.47. The molecule has 12 heteroatoms. The van der Waals surface area contributed by atoms with Crippen molar-refractivity contribution in [2.24, 2.45) is 5.92 Å². The number of carbonyl (C=O) groups is 2. The Labute approximate surface area is 197 Å². The summed E-state index contributed by atoms with van der Waals surface area (Å²) in [6.07, 6.45) is -4.04. The van der Waals surface area contributed by atoms with E-state index in [-0.39, 0.29) is 18.8 Å². The van der Waals surface area contributed by atoms with Crippen molar-refractivity contribution in [1.82, 2.24) is 25.2 Å². The number of carboxylic acid groups (broad SMARTS) is 1. The third kappa shape index (κ3) is 5.36. The minimum absolute atomic E-state index is 0.0197. The van der Waals surface area contributed by atoms with Crippen molar-refractivity contribution < 1.29 is 32.3 Å². The van der Waals surface area contributed by atoms with Gasteiger partial charge in [0.25, 0.3) is 0 Å². The molecule has 1 aliphatic rings. The highest BCUT2D eigenvalue weighted by molar-refractivity contribution is 5.81. The number of benzene rings is 1. The standard InChI is InChI=1S/C23H23F4N5O3/c1-2-16(12-3-5-14(24)6-4-12)20(30-22(34)35)17-11-32-19(28-17)8-7-15(31-32)9-13-10-18(23(25,26)27)29-21(13)33/h3-8,11,13,16,18,20,30H,2,9-10H2,1H3,(H,29,33)(H,34,35)/t13-,16-,18-,20-/m0/s1. The molecule has 1 saturated heterocycles. The van der Waals surface area contributed by atoms with Gasteiger partial charge in [0, 0.05) is 18.3 Å². The second-order valence-corrected chi connectivity index (χ2v) is 8.53. The van der Waals surface area contributed by atoms with Crippen molar-refractivity contribution in [3.05, 3.63) is 65.4 Å². The molecule has 0 bridgehead atoms. The number of imidazole rings is 1. The van der Waals surface area contributed by atoms with Crippen LogP contribution >= 0.6 is 0 Å². The summed E-state index contributed by atoms with van der Waals surface area (Å²) in [6, 6.07) is 6.34. The van der Waals surface area contributed by atoms with E-state index in [1.54, 1.807) is 30.5 Å². The maximum atomic E-state index is 13.4. The van der Waals surface area contributed by atoms with Crippen LogP contribution in [-0.4, -0.2) is 43.9 Å². The van der Waals surface area contributed by atoms with E-state index in [4.69, 9.17) is 0 Å². The Bertz CT molecular complexity index is 1230. The van der Waals surface area contributed by atoms with Crippen molar-refractivity contribution in [2.45, 2.75) is 50.4 Å². The van der Waals surface area contributed by atoms with Gasteiger partial charge in [0.05, 0.1) is 23.6 Å². The molecule has 3 heterocycles. The summed E-state index contributed by atoms with van der Waals surface area (Å²) in [5.74, 6) is -2.29. The number of rotatable bonds is 7. The summed E-state index contributed by atoms with van der Waals surface area (Å²) in [5, 5.41) is 18.3. The highest BCUT2D eigenvalue weighted by Crippen LogP contribution is 2.34. The molecule has 1 fully saturated rings. The van der Waals surface area contributed by atoms with Crippen LogP contribution < -0.4 is 10.6 Å². The quantitative estimate of drug-likeness (QED) is 0.432. The first kappa shape index (κ1) is 24.4. The maximum Gasteiger partial charge on any atom is 0.408 e. The van der Waals surface area contributed by atoms with E-state index in [2.05, 4.69) is 15.4 Å². The number of nitrogens with zero attached hydrogens (tertiary/aromatic N) is 3. The SMILES string of the molecule is CC[C@@H](c1ccc(F)cc1)[C@H](NC(=O)O)c1cn2nc(C[C@H]3C[C@@H](C(F)(F)F)NC3=O)ccc2n1. The van der Waals surface area contributed by atoms with Gasteiger partial charge in [-0.3, -0.25) is 4.79 Å². The fourth-order valence-corrected chi connectivity index (χ4v) is 4.47. The zero-order valence-electron chi connectivity index (χ0n) is 18.6. The number of carbonyl (C=O) groups excluding carboxylic acids is 1. The molecule has 186 valence electrons. The molecule has 8 nitrogen and oxygen atoms in total. The van der Waals surface area contributed by atoms with Crippen LogP contribution in [0.1, 0.15) is 48.7 Å². The lowest BCUT2D eigenvalue weighted by Crippen LogP contribution is -2.38. The van der Waals surface area contributed by atoms with E-state index in [1.165, 1.54) is 16.6 Å². The second kappa shape index (κ2) is 9.51. The number of hydrogen-bond acceptors (Lipinski definition) is 4. The first-order chi connectivity index (χ1) is 16.5. The van der Waals surface area contributed by atoms with E-state index >= 15 is 0 Å². The third-order valence-electron chi connectivity index (χ3n) is 6.19. The molecule has 3 N–H and O–H groups in total. The number of halogens is 4. The Morgan fingerprint density at radius 2 is 1.97 bits per heavy atom. The number of hydrogen-bond donors (Lipinski definition) is 3. The smallest absolute Gasteiger partial charge is 0.408 e. The summed E-state index contributed by atoms with van der Waals surface area (Å²) in [4.78, 5) is 28.0. The Morgan fingerprint density at radius 1 is 1.26 bits per heavy atom. The molecule has 1 aliphatic heterocycles. The molecule has 4 atom stereocenters. The lowest BCUT2D eigenvalue weighted by atomic mass is 9.87. The second-order valence-electron chi connectivity index (χ2n) is 8.53. The van der Waals surface area contributed by atoms with E-state index in [0.29, 0.717) is 23.5 Å². The predicted octanol–water partition coefficient (Wildman–Crippen LogP) is 3.98. The molecule has 3 aromatic rings. The van der Waals surface area contributed by atoms with Crippen molar-refractivity contribution >= 4 is 17.6 Å². The van der Waals surface area contributed by atoms with Gasteiger partial charge in [-0.25, -0.2) is 18.7 Å². The summed E-state index contributed by atoms with van der Waals surface area (Å²) in [7, 11) is 0. The first-order valence-corrected chi connectivity index (χ1v) is 11.0. The average Bonchev–Trinajstić information content (AvgIpc) is 3.37. The summed E-state index contributed by atoms with van der Waals surface area (Å²) < 4.78 is 53.7. The van der Waals surface area contributed by atoms with Gasteiger partial charge in [-0.05, 0) is 42.7 Å². The molecule has 2 amide bonds. The van der Waals surface area contributed by atoms with Gasteiger partial charge in [-0.1, -0.05) is 19.1 Å². The molecule has 1 aromatic carbocycles. The van der Waals surface area contributed by atoms with Crippen LogP contribution in [0.25, 0.3) is 5.65 Å². The van der Waals surface area contributed by atoms with Crippen molar-refractivity contribution in [3.63, 3.8) is 0 Å². The molecule has 0 radical (unpaired) electrons. The van der Waals surface area contributed by atoms with Gasteiger partial charge in [0.1, 0.15) is 11.9 Å². The predicted molar refractivity (Wildman–Crippen MR) is 116 cm³/mol. The molecule has 0 unspecified atom stereocenters. The number of amides is 2. The fraction of sp³-hybridized carbons (Fsp3) is 0.391. The molecule has 4 rings (SSSR count). The monoisotopic (exact) mass is 493 g/mol. The third-order valence-corrected chi connectivity index (χ3v) is 6.19. The summed E-state index contributed by atoms with van der Waals surface area (Å²) in [5.41, 5.74) is 1.91. The number of aromatic nitrogens is 3. The lowest BCUT2D eigenvalue weighted by Gasteiger charge is -2.25. The number of fused-ring (bicyclic) bond motifs is 1. The molecule has 0 saturated carbocycles. The van der Waals surface area contributed by atoms with Crippen LogP contribution in [0, 0.1) is 11.7 Å². The van der Waals surface area contributed by atoms with Crippen LogP contribution in [0.15, 0.2) is 42.6 Å². The molecule has 2 aromatic heterocycles. The van der Waals surface area contributed by atoms with Gasteiger partial charge in [0.2, 0.25) is 5.91 Å². The summed E-state index contributed by atoms with van der Waals surface area (Å²) >= 11 is 0. The van der Waals surface area contributed by atoms with Crippen molar-refractivity contribution in [1.29, 1.82) is 0 Å². The van der Waals surface area contributed by atoms with Crippen molar-refractivity contribution in [3.8, 4) is 0 Å². The molecule has 0 aliphatic carbocycles. The topological polar surface area (TPSA) is 109 Å². The van der Waals surface area contributed by atoms with Crippen LogP contribution in [0.4, 0.5) is 22.4 Å². The van der Waals surface area contributed by atoms with Crippen LogP contribution in [-0.2, 0) is 11.2 Å². The first-order valence-electron chi connectivity index (χ1n) is 11.0. The van der Waals surface area contributed by atoms with Gasteiger partial charge in [-0.2, -0.15) is 18.3 Å². The van der Waals surface area contributed by atoms with E-state index in [0.717, 1.165) is 5.56 Å². The van der Waals surface area contributed by atoms with Gasteiger partial charge in [0.15, 0.2) is 5.65 Å².